The summed E-state index contributed by atoms with van der Waals surface area (Å²) in [7, 11) is -1.04. The Morgan fingerprint density at radius 1 is 1.60 bits per heavy atom. The van der Waals surface area contributed by atoms with Gasteiger partial charge in [0.15, 0.2) is 0 Å². The molecule has 0 saturated carbocycles. The minimum Gasteiger partial charge on any atom is -0.465 e. The first kappa shape index (κ1) is 17.6. The topological polar surface area (TPSA) is 83.9 Å². The van der Waals surface area contributed by atoms with E-state index in [-0.39, 0.29) is 16.3 Å². The quantitative estimate of drug-likeness (QED) is 0.753. The van der Waals surface area contributed by atoms with Crippen LogP contribution in [-0.4, -0.2) is 50.6 Å². The van der Waals surface area contributed by atoms with Crippen LogP contribution in [0.15, 0.2) is 14.7 Å². The molecule has 0 fully saturated rings. The molecule has 1 atom stereocenters. The van der Waals surface area contributed by atoms with Crippen molar-refractivity contribution < 1.29 is 23.1 Å². The van der Waals surface area contributed by atoms with E-state index in [4.69, 9.17) is 0 Å². The predicted molar refractivity (Wildman–Crippen MR) is 79.5 cm³/mol. The predicted octanol–water partition coefficient (Wildman–Crippen LogP) is 1.69. The van der Waals surface area contributed by atoms with E-state index in [1.807, 2.05) is 0 Å². The van der Waals surface area contributed by atoms with E-state index in [0.29, 0.717) is 10.2 Å². The first-order valence-corrected chi connectivity index (χ1v) is 8.77. The zero-order chi connectivity index (χ0) is 15.5. The van der Waals surface area contributed by atoms with Crippen molar-refractivity contribution in [3.05, 3.63) is 14.7 Å². The molecule has 1 N–H and O–H groups in total. The third kappa shape index (κ3) is 4.01. The number of hydrogen-bond acceptors (Lipinski definition) is 6. The second-order valence-corrected chi connectivity index (χ2v) is 8.59. The Hall–Kier alpha value is -0.480. The lowest BCUT2D eigenvalue weighted by Gasteiger charge is -2.17. The Morgan fingerprint density at radius 3 is 2.70 bits per heavy atom. The van der Waals surface area contributed by atoms with E-state index in [0.717, 1.165) is 15.6 Å². The summed E-state index contributed by atoms with van der Waals surface area (Å²) in [5.74, 6) is -0.580. The standard InChI is InChI=1S/C11H16BrNO5S2/c1-7(14)4-5-13(2)20(16,17)9-6-8(11(15)18-3)19-10(9)12/h6-7,14H,4-5H2,1-3H3. The second kappa shape index (κ2) is 6.99. The Kier molecular flexibility index (Phi) is 6.14. The van der Waals surface area contributed by atoms with Crippen LogP contribution in [-0.2, 0) is 14.8 Å². The van der Waals surface area contributed by atoms with Gasteiger partial charge in [-0.05, 0) is 35.3 Å². The van der Waals surface area contributed by atoms with Crippen molar-refractivity contribution in [2.75, 3.05) is 20.7 Å². The highest BCUT2D eigenvalue weighted by Crippen LogP contribution is 2.33. The lowest BCUT2D eigenvalue weighted by molar-refractivity contribution is 0.0606. The molecule has 114 valence electrons. The van der Waals surface area contributed by atoms with Crippen LogP contribution in [0.5, 0.6) is 0 Å². The van der Waals surface area contributed by atoms with E-state index in [1.165, 1.54) is 20.2 Å². The molecule has 6 nitrogen and oxygen atoms in total. The molecule has 1 aromatic heterocycles. The monoisotopic (exact) mass is 385 g/mol. The van der Waals surface area contributed by atoms with Crippen molar-refractivity contribution in [1.29, 1.82) is 0 Å². The molecule has 0 amide bonds. The van der Waals surface area contributed by atoms with Gasteiger partial charge in [0, 0.05) is 13.6 Å². The summed E-state index contributed by atoms with van der Waals surface area (Å²) in [6.45, 7) is 1.78. The van der Waals surface area contributed by atoms with Crippen LogP contribution in [0.1, 0.15) is 23.0 Å². The van der Waals surface area contributed by atoms with Crippen molar-refractivity contribution in [3.8, 4) is 0 Å². The number of sulfonamides is 1. The molecular formula is C11H16BrNO5S2. The van der Waals surface area contributed by atoms with Crippen molar-refractivity contribution >= 4 is 43.3 Å². The molecule has 0 aliphatic heterocycles. The van der Waals surface area contributed by atoms with Gasteiger partial charge in [-0.15, -0.1) is 11.3 Å². The minimum absolute atomic E-state index is 0.0241. The van der Waals surface area contributed by atoms with Crippen molar-refractivity contribution in [2.24, 2.45) is 0 Å². The summed E-state index contributed by atoms with van der Waals surface area (Å²) < 4.78 is 30.8. The van der Waals surface area contributed by atoms with Crippen LogP contribution in [0.4, 0.5) is 0 Å². The van der Waals surface area contributed by atoms with Crippen LogP contribution in [0, 0.1) is 0 Å². The summed E-state index contributed by atoms with van der Waals surface area (Å²) in [6, 6.07) is 1.29. The van der Waals surface area contributed by atoms with E-state index in [2.05, 4.69) is 20.7 Å². The van der Waals surface area contributed by atoms with Gasteiger partial charge in [-0.3, -0.25) is 0 Å². The van der Waals surface area contributed by atoms with E-state index < -0.39 is 22.1 Å². The minimum atomic E-state index is -3.71. The number of thiophene rings is 1. The molecule has 20 heavy (non-hydrogen) atoms. The van der Waals surface area contributed by atoms with Gasteiger partial charge in [-0.1, -0.05) is 0 Å². The third-order valence-electron chi connectivity index (χ3n) is 2.59. The van der Waals surface area contributed by atoms with Gasteiger partial charge in [0.1, 0.15) is 9.77 Å². The third-order valence-corrected chi connectivity index (χ3v) is 6.68. The Morgan fingerprint density at radius 2 is 2.20 bits per heavy atom. The maximum Gasteiger partial charge on any atom is 0.348 e. The summed E-state index contributed by atoms with van der Waals surface area (Å²) in [5, 5.41) is 9.21. The highest BCUT2D eigenvalue weighted by Gasteiger charge is 2.27. The fourth-order valence-electron chi connectivity index (χ4n) is 1.39. The fraction of sp³-hybridized carbons (Fsp3) is 0.545. The largest absolute Gasteiger partial charge is 0.465 e. The number of carbonyl (C=O) groups is 1. The van der Waals surface area contributed by atoms with E-state index in [1.54, 1.807) is 6.92 Å². The van der Waals surface area contributed by atoms with Gasteiger partial charge < -0.3 is 9.84 Å². The molecule has 1 unspecified atom stereocenters. The van der Waals surface area contributed by atoms with Crippen LogP contribution >= 0.6 is 27.3 Å². The van der Waals surface area contributed by atoms with Gasteiger partial charge in [0.2, 0.25) is 10.0 Å². The average molecular weight is 386 g/mol. The Bertz CT molecular complexity index is 582. The molecule has 0 aliphatic rings. The Balaban J connectivity index is 3.03. The van der Waals surface area contributed by atoms with Gasteiger partial charge in [0.05, 0.1) is 17.0 Å². The number of nitrogens with zero attached hydrogens (tertiary/aromatic N) is 1. The number of aliphatic hydroxyl groups is 1. The fourth-order valence-corrected chi connectivity index (χ4v) is 5.00. The molecule has 9 heteroatoms. The van der Waals surface area contributed by atoms with Gasteiger partial charge in [-0.2, -0.15) is 0 Å². The number of ether oxygens (including phenoxy) is 1. The zero-order valence-corrected chi connectivity index (χ0v) is 14.5. The van der Waals surface area contributed by atoms with Crippen molar-refractivity contribution in [3.63, 3.8) is 0 Å². The molecular weight excluding hydrogens is 370 g/mol. The van der Waals surface area contributed by atoms with Gasteiger partial charge >= 0.3 is 5.97 Å². The molecule has 0 aromatic carbocycles. The second-order valence-electron chi connectivity index (χ2n) is 4.20. The number of hydrogen-bond donors (Lipinski definition) is 1. The van der Waals surface area contributed by atoms with Gasteiger partial charge in [0.25, 0.3) is 0 Å². The van der Waals surface area contributed by atoms with E-state index >= 15 is 0 Å². The number of rotatable bonds is 6. The van der Waals surface area contributed by atoms with Crippen molar-refractivity contribution in [1.82, 2.24) is 4.31 Å². The number of halogens is 1. The normalized spacial score (nSPS) is 13.5. The lowest BCUT2D eigenvalue weighted by Crippen LogP contribution is -2.29. The van der Waals surface area contributed by atoms with Crippen molar-refractivity contribution in [2.45, 2.75) is 24.3 Å². The molecule has 0 radical (unpaired) electrons. The zero-order valence-electron chi connectivity index (χ0n) is 11.3. The smallest absolute Gasteiger partial charge is 0.348 e. The van der Waals surface area contributed by atoms with Crippen LogP contribution in [0.3, 0.4) is 0 Å². The molecule has 0 bridgehead atoms. The van der Waals surface area contributed by atoms with Gasteiger partial charge in [-0.25, -0.2) is 17.5 Å². The molecule has 1 heterocycles. The van der Waals surface area contributed by atoms with Crippen LogP contribution < -0.4 is 0 Å². The number of methoxy groups -OCH3 is 1. The SMILES string of the molecule is COC(=O)c1cc(S(=O)(=O)N(C)CCC(C)O)c(Br)s1. The summed E-state index contributed by atoms with van der Waals surface area (Å²) >= 11 is 4.16. The summed E-state index contributed by atoms with van der Waals surface area (Å²) in [6.07, 6.45) is -0.245. The van der Waals surface area contributed by atoms with Crippen LogP contribution in [0.25, 0.3) is 0 Å². The Labute approximate surface area is 130 Å². The highest BCUT2D eigenvalue weighted by atomic mass is 79.9. The highest BCUT2D eigenvalue weighted by molar-refractivity contribution is 9.11. The number of aliphatic hydroxyl groups excluding tert-OH is 1. The molecule has 0 aliphatic carbocycles. The molecule has 1 aromatic rings. The molecule has 0 spiro atoms. The summed E-state index contributed by atoms with van der Waals surface area (Å²) in [4.78, 5) is 11.7. The van der Waals surface area contributed by atoms with E-state index in [9.17, 15) is 18.3 Å². The summed E-state index contributed by atoms with van der Waals surface area (Å²) in [5.41, 5.74) is 0. The number of carbonyl (C=O) groups excluding carboxylic acids is 1. The number of esters is 1. The maximum atomic E-state index is 12.4. The molecule has 0 saturated heterocycles. The average Bonchev–Trinajstić information content (AvgIpc) is 2.77. The first-order chi connectivity index (χ1) is 9.20. The maximum absolute atomic E-state index is 12.4. The first-order valence-electron chi connectivity index (χ1n) is 5.72. The lowest BCUT2D eigenvalue weighted by atomic mass is 10.3. The molecule has 1 rings (SSSR count). The van der Waals surface area contributed by atoms with Crippen LogP contribution in [0.2, 0.25) is 0 Å².